The predicted octanol–water partition coefficient (Wildman–Crippen LogP) is 3.57. The summed E-state index contributed by atoms with van der Waals surface area (Å²) in [4.78, 5) is 8.94. The molecule has 1 aromatic carbocycles. The number of benzene rings is 1. The van der Waals surface area contributed by atoms with Gasteiger partial charge in [0, 0.05) is 17.8 Å². The van der Waals surface area contributed by atoms with Gasteiger partial charge < -0.3 is 10.3 Å². The maximum Gasteiger partial charge on any atom is 0.142 e. The SMILES string of the molecule is Cc1ccc2c(c1)nc(-c1ccc(N)nc1)n2C(C)C. The van der Waals surface area contributed by atoms with Gasteiger partial charge in [0.2, 0.25) is 0 Å². The Labute approximate surface area is 118 Å². The van der Waals surface area contributed by atoms with Crippen LogP contribution in [0.3, 0.4) is 0 Å². The fraction of sp³-hybridized carbons (Fsp3) is 0.250. The highest BCUT2D eigenvalue weighted by Gasteiger charge is 2.15. The van der Waals surface area contributed by atoms with Crippen LogP contribution in [0.25, 0.3) is 22.4 Å². The number of imidazole rings is 1. The molecular formula is C16H18N4. The van der Waals surface area contributed by atoms with Gasteiger partial charge >= 0.3 is 0 Å². The van der Waals surface area contributed by atoms with Crippen LogP contribution in [0.2, 0.25) is 0 Å². The highest BCUT2D eigenvalue weighted by Crippen LogP contribution is 2.28. The minimum absolute atomic E-state index is 0.329. The molecule has 2 N–H and O–H groups in total. The van der Waals surface area contributed by atoms with E-state index in [2.05, 4.69) is 48.5 Å². The quantitative estimate of drug-likeness (QED) is 0.771. The molecule has 0 atom stereocenters. The molecule has 2 heterocycles. The molecular weight excluding hydrogens is 248 g/mol. The summed E-state index contributed by atoms with van der Waals surface area (Å²) in [6, 6.07) is 10.5. The van der Waals surface area contributed by atoms with Crippen molar-refractivity contribution in [2.45, 2.75) is 26.8 Å². The maximum absolute atomic E-state index is 5.66. The molecule has 20 heavy (non-hydrogen) atoms. The lowest BCUT2D eigenvalue weighted by atomic mass is 10.2. The van der Waals surface area contributed by atoms with Gasteiger partial charge in [-0.3, -0.25) is 0 Å². The predicted molar refractivity (Wildman–Crippen MR) is 82.5 cm³/mol. The molecule has 0 amide bonds. The van der Waals surface area contributed by atoms with Gasteiger partial charge in [0.05, 0.1) is 11.0 Å². The number of nitrogens with two attached hydrogens (primary N) is 1. The second-order valence-electron chi connectivity index (χ2n) is 5.36. The second kappa shape index (κ2) is 4.63. The van der Waals surface area contributed by atoms with Gasteiger partial charge in [-0.15, -0.1) is 0 Å². The van der Waals surface area contributed by atoms with E-state index in [1.54, 1.807) is 6.20 Å². The second-order valence-corrected chi connectivity index (χ2v) is 5.36. The van der Waals surface area contributed by atoms with Crippen LogP contribution in [0.1, 0.15) is 25.5 Å². The first-order chi connectivity index (χ1) is 9.56. The number of anilines is 1. The molecule has 3 aromatic rings. The molecule has 0 spiro atoms. The Morgan fingerprint density at radius 1 is 1.15 bits per heavy atom. The molecule has 3 rings (SSSR count). The Kier molecular flexibility index (Phi) is 2.93. The van der Waals surface area contributed by atoms with Gasteiger partial charge in [-0.25, -0.2) is 9.97 Å². The molecule has 0 unspecified atom stereocenters. The fourth-order valence-corrected chi connectivity index (χ4v) is 2.47. The van der Waals surface area contributed by atoms with E-state index in [9.17, 15) is 0 Å². The van der Waals surface area contributed by atoms with Crippen LogP contribution in [0.5, 0.6) is 0 Å². The van der Waals surface area contributed by atoms with Crippen LogP contribution >= 0.6 is 0 Å². The van der Waals surface area contributed by atoms with Crippen molar-refractivity contribution in [3.8, 4) is 11.4 Å². The summed E-state index contributed by atoms with van der Waals surface area (Å²) in [5.41, 5.74) is 10.0. The van der Waals surface area contributed by atoms with Crippen molar-refractivity contribution in [3.05, 3.63) is 42.1 Å². The standard InChI is InChI=1S/C16H18N4/c1-10(2)20-14-6-4-11(3)8-13(14)19-16(20)12-5-7-15(17)18-9-12/h4-10H,1-3H3,(H2,17,18). The first kappa shape index (κ1) is 12.7. The number of nitrogen functional groups attached to an aromatic ring is 1. The smallest absolute Gasteiger partial charge is 0.142 e. The van der Waals surface area contributed by atoms with Crippen molar-refractivity contribution in [1.29, 1.82) is 0 Å². The molecule has 0 bridgehead atoms. The van der Waals surface area contributed by atoms with E-state index in [4.69, 9.17) is 10.7 Å². The van der Waals surface area contributed by atoms with Crippen LogP contribution in [0.4, 0.5) is 5.82 Å². The summed E-state index contributed by atoms with van der Waals surface area (Å²) in [6.45, 7) is 6.41. The Balaban J connectivity index is 2.28. The van der Waals surface area contributed by atoms with Crippen molar-refractivity contribution >= 4 is 16.9 Å². The summed E-state index contributed by atoms with van der Waals surface area (Å²) < 4.78 is 2.24. The highest BCUT2D eigenvalue weighted by atomic mass is 15.1. The van der Waals surface area contributed by atoms with Crippen LogP contribution in [0.15, 0.2) is 36.5 Å². The minimum Gasteiger partial charge on any atom is -0.384 e. The number of hydrogen-bond acceptors (Lipinski definition) is 3. The van der Waals surface area contributed by atoms with Gasteiger partial charge in [0.15, 0.2) is 0 Å². The molecule has 0 saturated heterocycles. The molecule has 0 fully saturated rings. The fourth-order valence-electron chi connectivity index (χ4n) is 2.47. The number of nitrogens with zero attached hydrogens (tertiary/aromatic N) is 3. The van der Waals surface area contributed by atoms with E-state index in [-0.39, 0.29) is 0 Å². The zero-order valence-electron chi connectivity index (χ0n) is 12.0. The largest absolute Gasteiger partial charge is 0.384 e. The molecule has 0 radical (unpaired) electrons. The van der Waals surface area contributed by atoms with E-state index in [1.165, 1.54) is 5.56 Å². The molecule has 0 saturated carbocycles. The van der Waals surface area contributed by atoms with Crippen molar-refractivity contribution in [2.75, 3.05) is 5.73 Å². The van der Waals surface area contributed by atoms with E-state index in [0.29, 0.717) is 11.9 Å². The lowest BCUT2D eigenvalue weighted by Gasteiger charge is -2.13. The van der Waals surface area contributed by atoms with E-state index in [0.717, 1.165) is 22.4 Å². The lowest BCUT2D eigenvalue weighted by Crippen LogP contribution is -2.03. The molecule has 4 nitrogen and oxygen atoms in total. The van der Waals surface area contributed by atoms with E-state index >= 15 is 0 Å². The normalized spacial score (nSPS) is 11.4. The Hall–Kier alpha value is -2.36. The van der Waals surface area contributed by atoms with Crippen molar-refractivity contribution < 1.29 is 0 Å². The number of aromatic nitrogens is 3. The summed E-state index contributed by atoms with van der Waals surface area (Å²) in [7, 11) is 0. The number of rotatable bonds is 2. The van der Waals surface area contributed by atoms with Crippen LogP contribution in [-0.4, -0.2) is 14.5 Å². The third kappa shape index (κ3) is 2.03. The van der Waals surface area contributed by atoms with Gasteiger partial charge in [0.25, 0.3) is 0 Å². The van der Waals surface area contributed by atoms with Crippen molar-refractivity contribution in [1.82, 2.24) is 14.5 Å². The van der Waals surface area contributed by atoms with Crippen LogP contribution in [-0.2, 0) is 0 Å². The van der Waals surface area contributed by atoms with Gasteiger partial charge in [-0.05, 0) is 50.6 Å². The number of hydrogen-bond donors (Lipinski definition) is 1. The molecule has 2 aromatic heterocycles. The topological polar surface area (TPSA) is 56.7 Å². The van der Waals surface area contributed by atoms with Crippen LogP contribution in [0, 0.1) is 6.92 Å². The summed E-state index contributed by atoms with van der Waals surface area (Å²) in [5.74, 6) is 1.46. The molecule has 0 aliphatic heterocycles. The average molecular weight is 266 g/mol. The highest BCUT2D eigenvalue weighted by molar-refractivity contribution is 5.81. The molecule has 0 aliphatic rings. The van der Waals surface area contributed by atoms with Gasteiger partial charge in [-0.2, -0.15) is 0 Å². The first-order valence-electron chi connectivity index (χ1n) is 6.77. The van der Waals surface area contributed by atoms with Crippen LogP contribution < -0.4 is 5.73 Å². The summed E-state index contributed by atoms with van der Waals surface area (Å²) >= 11 is 0. The monoisotopic (exact) mass is 266 g/mol. The first-order valence-corrected chi connectivity index (χ1v) is 6.77. The van der Waals surface area contributed by atoms with Crippen molar-refractivity contribution in [3.63, 3.8) is 0 Å². The minimum atomic E-state index is 0.329. The zero-order valence-corrected chi connectivity index (χ0v) is 12.0. The third-order valence-electron chi connectivity index (χ3n) is 3.41. The lowest BCUT2D eigenvalue weighted by molar-refractivity contribution is 0.624. The van der Waals surface area contributed by atoms with Gasteiger partial charge in [-0.1, -0.05) is 6.07 Å². The number of pyridine rings is 1. The number of aryl methyl sites for hydroxylation is 1. The molecule has 0 aliphatic carbocycles. The third-order valence-corrected chi connectivity index (χ3v) is 3.41. The summed E-state index contributed by atoms with van der Waals surface area (Å²) in [5, 5.41) is 0. The summed E-state index contributed by atoms with van der Waals surface area (Å²) in [6.07, 6.45) is 1.78. The average Bonchev–Trinajstić information content (AvgIpc) is 2.77. The Morgan fingerprint density at radius 3 is 2.60 bits per heavy atom. The van der Waals surface area contributed by atoms with E-state index in [1.807, 2.05) is 12.1 Å². The Morgan fingerprint density at radius 2 is 1.95 bits per heavy atom. The Bertz CT molecular complexity index is 754. The molecule has 102 valence electrons. The maximum atomic E-state index is 5.66. The van der Waals surface area contributed by atoms with Crippen molar-refractivity contribution in [2.24, 2.45) is 0 Å². The number of fused-ring (bicyclic) bond motifs is 1. The zero-order chi connectivity index (χ0) is 14.3. The van der Waals surface area contributed by atoms with E-state index < -0.39 is 0 Å². The van der Waals surface area contributed by atoms with Gasteiger partial charge in [0.1, 0.15) is 11.6 Å². The molecule has 4 heteroatoms.